The molecule has 0 aliphatic heterocycles. The lowest BCUT2D eigenvalue weighted by atomic mass is 10.0. The summed E-state index contributed by atoms with van der Waals surface area (Å²) in [6.07, 6.45) is 1.14. The maximum atomic E-state index is 13.8. The summed E-state index contributed by atoms with van der Waals surface area (Å²) in [5.74, 6) is -1.79. The zero-order valence-electron chi connectivity index (χ0n) is 21.4. The lowest BCUT2D eigenvalue weighted by molar-refractivity contribution is -0.139. The van der Waals surface area contributed by atoms with Crippen molar-refractivity contribution in [1.82, 2.24) is 10.2 Å². The number of hydrogen-bond donors (Lipinski definition) is 1. The fourth-order valence-electron chi connectivity index (χ4n) is 4.00. The molecule has 0 saturated carbocycles. The van der Waals surface area contributed by atoms with Gasteiger partial charge in [-0.25, -0.2) is 12.8 Å². The molecule has 0 saturated heterocycles. The first-order valence-electron chi connectivity index (χ1n) is 11.9. The van der Waals surface area contributed by atoms with E-state index in [1.165, 1.54) is 61.3 Å². The molecule has 0 aliphatic carbocycles. The molecule has 8 nitrogen and oxygen atoms in total. The summed E-state index contributed by atoms with van der Waals surface area (Å²) < 4.78 is 40.0. The Morgan fingerprint density at radius 2 is 1.58 bits per heavy atom. The second kappa shape index (κ2) is 12.5. The highest BCUT2D eigenvalue weighted by Crippen LogP contribution is 2.22. The molecule has 3 aromatic rings. The molecule has 0 spiro atoms. The molecule has 200 valence electrons. The molecule has 1 atom stereocenters. The predicted octanol–water partition coefficient (Wildman–Crippen LogP) is 3.18. The molecule has 2 amide bonds. The van der Waals surface area contributed by atoms with Crippen LogP contribution in [0.3, 0.4) is 0 Å². The number of halogens is 1. The molecule has 0 aliphatic rings. The fourth-order valence-corrected chi connectivity index (χ4v) is 4.84. The van der Waals surface area contributed by atoms with E-state index >= 15 is 0 Å². The molecule has 0 heterocycles. The number of anilines is 1. The van der Waals surface area contributed by atoms with E-state index in [4.69, 9.17) is 0 Å². The topological polar surface area (TPSA) is 104 Å². The van der Waals surface area contributed by atoms with E-state index in [0.717, 1.165) is 16.1 Å². The van der Waals surface area contributed by atoms with Crippen LogP contribution >= 0.6 is 0 Å². The lowest BCUT2D eigenvalue weighted by Crippen LogP contribution is -2.52. The van der Waals surface area contributed by atoms with Gasteiger partial charge in [0.25, 0.3) is 0 Å². The van der Waals surface area contributed by atoms with Crippen molar-refractivity contribution < 1.29 is 27.2 Å². The molecular formula is C28H30FN3O5S. The smallest absolute Gasteiger partial charge is 0.244 e. The number of likely N-dealkylation sites (N-methyl/N-ethyl adjacent to an activating group) is 1. The zero-order chi connectivity index (χ0) is 27.9. The van der Waals surface area contributed by atoms with Crippen LogP contribution in [-0.4, -0.2) is 56.8 Å². The molecule has 0 unspecified atom stereocenters. The number of amides is 2. The van der Waals surface area contributed by atoms with Crippen molar-refractivity contribution in [2.75, 3.05) is 24.2 Å². The third-order valence-corrected chi connectivity index (χ3v) is 7.14. The lowest BCUT2D eigenvalue weighted by Gasteiger charge is -2.33. The van der Waals surface area contributed by atoms with E-state index in [2.05, 4.69) is 5.32 Å². The number of nitrogens with zero attached hydrogens (tertiary/aromatic N) is 2. The number of Topliss-reactive ketones (excluding diaryl/α,β-unsaturated/α-hetero) is 1. The number of sulfonamides is 1. The minimum atomic E-state index is -3.95. The first-order valence-corrected chi connectivity index (χ1v) is 13.7. The van der Waals surface area contributed by atoms with Crippen molar-refractivity contribution in [2.45, 2.75) is 25.9 Å². The molecular weight excluding hydrogens is 509 g/mol. The Balaban J connectivity index is 2.03. The SMILES string of the molecule is CNC(=O)[C@@H](Cc1ccccc1)N(Cc1ccc(F)cc1)C(=O)CN(c1cccc(C(C)=O)c1)S(C)(=O)=O. The van der Waals surface area contributed by atoms with Crippen molar-refractivity contribution >= 4 is 33.3 Å². The van der Waals surface area contributed by atoms with Crippen LogP contribution in [0.1, 0.15) is 28.4 Å². The number of hydrogen-bond acceptors (Lipinski definition) is 5. The zero-order valence-corrected chi connectivity index (χ0v) is 22.2. The van der Waals surface area contributed by atoms with Gasteiger partial charge in [0.15, 0.2) is 5.78 Å². The van der Waals surface area contributed by atoms with Crippen LogP contribution < -0.4 is 9.62 Å². The van der Waals surface area contributed by atoms with Gasteiger partial charge in [-0.05, 0) is 42.3 Å². The monoisotopic (exact) mass is 539 g/mol. The second-order valence-electron chi connectivity index (χ2n) is 8.84. The normalized spacial score (nSPS) is 11.9. The Hall–Kier alpha value is -4.05. The number of ketones is 1. The van der Waals surface area contributed by atoms with E-state index in [0.29, 0.717) is 11.1 Å². The van der Waals surface area contributed by atoms with Crippen LogP contribution in [0.4, 0.5) is 10.1 Å². The molecule has 3 aromatic carbocycles. The van der Waals surface area contributed by atoms with E-state index in [-0.39, 0.29) is 24.4 Å². The molecule has 0 aromatic heterocycles. The van der Waals surface area contributed by atoms with Gasteiger partial charge in [-0.2, -0.15) is 0 Å². The van der Waals surface area contributed by atoms with Gasteiger partial charge in [-0.3, -0.25) is 18.7 Å². The molecule has 38 heavy (non-hydrogen) atoms. The Morgan fingerprint density at radius 3 is 2.16 bits per heavy atom. The summed E-state index contributed by atoms with van der Waals surface area (Å²) in [5, 5.41) is 2.59. The van der Waals surface area contributed by atoms with Gasteiger partial charge >= 0.3 is 0 Å². The van der Waals surface area contributed by atoms with Crippen molar-refractivity contribution in [3.63, 3.8) is 0 Å². The van der Waals surface area contributed by atoms with Gasteiger partial charge < -0.3 is 10.2 Å². The second-order valence-corrected chi connectivity index (χ2v) is 10.8. The number of carbonyl (C=O) groups excluding carboxylic acids is 3. The minimum Gasteiger partial charge on any atom is -0.357 e. The number of carbonyl (C=O) groups is 3. The van der Waals surface area contributed by atoms with E-state index in [1.807, 2.05) is 30.3 Å². The van der Waals surface area contributed by atoms with Gasteiger partial charge in [-0.1, -0.05) is 54.6 Å². The van der Waals surface area contributed by atoms with Crippen molar-refractivity contribution in [3.05, 3.63) is 101 Å². The first-order chi connectivity index (χ1) is 18.0. The third-order valence-electron chi connectivity index (χ3n) is 6.00. The predicted molar refractivity (Wildman–Crippen MR) is 144 cm³/mol. The number of rotatable bonds is 11. The quantitative estimate of drug-likeness (QED) is 0.377. The fraction of sp³-hybridized carbons (Fsp3) is 0.250. The molecule has 0 radical (unpaired) electrons. The maximum absolute atomic E-state index is 13.8. The Morgan fingerprint density at radius 1 is 0.921 bits per heavy atom. The molecule has 3 rings (SSSR count). The van der Waals surface area contributed by atoms with Crippen molar-refractivity contribution in [1.29, 1.82) is 0 Å². The summed E-state index contributed by atoms with van der Waals surface area (Å²) >= 11 is 0. The standard InChI is InChI=1S/C28H30FN3O5S/c1-20(33)23-10-7-11-25(17-23)32(38(3,36)37)19-27(34)31(18-22-12-14-24(29)15-13-22)26(28(35)30-2)16-21-8-5-4-6-9-21/h4-15,17,26H,16,18-19H2,1-3H3,(H,30,35)/t26-/m1/s1. The Bertz CT molecular complexity index is 1400. The highest BCUT2D eigenvalue weighted by molar-refractivity contribution is 7.92. The summed E-state index contributed by atoms with van der Waals surface area (Å²) in [6, 6.07) is 19.6. The average molecular weight is 540 g/mol. The third kappa shape index (κ3) is 7.48. The summed E-state index contributed by atoms with van der Waals surface area (Å²) in [5.41, 5.74) is 1.80. The van der Waals surface area contributed by atoms with Crippen LogP contribution in [0.2, 0.25) is 0 Å². The Kier molecular flexibility index (Phi) is 9.35. The maximum Gasteiger partial charge on any atom is 0.244 e. The molecule has 0 bridgehead atoms. The molecule has 1 N–H and O–H groups in total. The summed E-state index contributed by atoms with van der Waals surface area (Å²) in [7, 11) is -2.50. The number of benzene rings is 3. The van der Waals surface area contributed by atoms with E-state index < -0.39 is 40.2 Å². The summed E-state index contributed by atoms with van der Waals surface area (Å²) in [4.78, 5) is 40.0. The largest absolute Gasteiger partial charge is 0.357 e. The van der Waals surface area contributed by atoms with Crippen LogP contribution in [0, 0.1) is 5.82 Å². The molecule has 10 heteroatoms. The van der Waals surface area contributed by atoms with E-state index in [1.54, 1.807) is 6.07 Å². The van der Waals surface area contributed by atoms with Gasteiger partial charge in [0.1, 0.15) is 18.4 Å². The highest BCUT2D eigenvalue weighted by Gasteiger charge is 2.32. The van der Waals surface area contributed by atoms with E-state index in [9.17, 15) is 27.2 Å². The van der Waals surface area contributed by atoms with Crippen LogP contribution in [0.25, 0.3) is 0 Å². The van der Waals surface area contributed by atoms with Gasteiger partial charge in [0, 0.05) is 25.6 Å². The highest BCUT2D eigenvalue weighted by atomic mass is 32.2. The van der Waals surface area contributed by atoms with Crippen LogP contribution in [0.5, 0.6) is 0 Å². The van der Waals surface area contributed by atoms with Crippen molar-refractivity contribution in [3.8, 4) is 0 Å². The molecule has 0 fully saturated rings. The van der Waals surface area contributed by atoms with Crippen molar-refractivity contribution in [2.24, 2.45) is 0 Å². The average Bonchev–Trinajstić information content (AvgIpc) is 2.89. The Labute approximate surface area is 222 Å². The van der Waals surface area contributed by atoms with Gasteiger partial charge in [0.05, 0.1) is 11.9 Å². The number of nitrogens with one attached hydrogen (secondary N) is 1. The first kappa shape index (κ1) is 28.5. The minimum absolute atomic E-state index is 0.0604. The van der Waals surface area contributed by atoms with Crippen LogP contribution in [0.15, 0.2) is 78.9 Å². The van der Waals surface area contributed by atoms with Gasteiger partial charge in [0.2, 0.25) is 21.8 Å². The van der Waals surface area contributed by atoms with Crippen LogP contribution in [-0.2, 0) is 32.6 Å². The van der Waals surface area contributed by atoms with Gasteiger partial charge in [-0.15, -0.1) is 0 Å². The summed E-state index contributed by atoms with van der Waals surface area (Å²) in [6.45, 7) is 0.690.